The molecule has 2 aromatic rings. The van der Waals surface area contributed by atoms with Crippen molar-refractivity contribution < 1.29 is 0 Å². The topological polar surface area (TPSA) is 54.2 Å². The largest absolute Gasteiger partial charge is 0.354 e. The number of aromatic nitrogens is 2. The fraction of sp³-hybridized carbons (Fsp3) is 0.444. The summed E-state index contributed by atoms with van der Waals surface area (Å²) in [5.41, 5.74) is 2.29. The number of benzene rings is 1. The lowest BCUT2D eigenvalue weighted by molar-refractivity contribution is 0.614. The molecule has 2 N–H and O–H groups in total. The van der Waals surface area contributed by atoms with Crippen molar-refractivity contribution >= 4 is 17.7 Å². The number of hydrogen-bond donors (Lipinski definition) is 2. The molecule has 1 fully saturated rings. The van der Waals surface area contributed by atoms with E-state index in [0.717, 1.165) is 23.4 Å². The van der Waals surface area contributed by atoms with E-state index in [-0.39, 0.29) is 0 Å². The third-order valence-corrected chi connectivity index (χ3v) is 5.54. The maximum Gasteiger partial charge on any atom is 0.191 e. The number of rotatable bonds is 5. The molecule has 6 heteroatoms. The lowest BCUT2D eigenvalue weighted by atomic mass is 10.2. The van der Waals surface area contributed by atoms with Gasteiger partial charge >= 0.3 is 0 Å². The molecule has 3 rings (SSSR count). The zero-order chi connectivity index (χ0) is 16.8. The third kappa shape index (κ3) is 4.32. The van der Waals surface area contributed by atoms with Crippen LogP contribution in [0.5, 0.6) is 0 Å². The molecule has 1 aliphatic rings. The SMILES string of the molecule is CN=C(NCc1ccc(-n2cccn2)cc1)NC1CCC(SC)C1. The van der Waals surface area contributed by atoms with Gasteiger partial charge in [0.1, 0.15) is 0 Å². The van der Waals surface area contributed by atoms with Gasteiger partial charge in [-0.2, -0.15) is 16.9 Å². The molecule has 1 heterocycles. The highest BCUT2D eigenvalue weighted by atomic mass is 32.2. The van der Waals surface area contributed by atoms with Crippen molar-refractivity contribution in [3.8, 4) is 5.69 Å². The van der Waals surface area contributed by atoms with Crippen LogP contribution >= 0.6 is 11.8 Å². The molecule has 0 spiro atoms. The monoisotopic (exact) mass is 343 g/mol. The Labute approximate surface area is 147 Å². The molecular weight excluding hydrogens is 318 g/mol. The van der Waals surface area contributed by atoms with Gasteiger partial charge in [-0.1, -0.05) is 12.1 Å². The van der Waals surface area contributed by atoms with Gasteiger partial charge in [-0.25, -0.2) is 4.68 Å². The van der Waals surface area contributed by atoms with Gasteiger partial charge in [-0.05, 0) is 49.3 Å². The summed E-state index contributed by atoms with van der Waals surface area (Å²) in [5.74, 6) is 0.887. The average Bonchev–Trinajstić information content (AvgIpc) is 3.30. The van der Waals surface area contributed by atoms with Crippen LogP contribution in [-0.2, 0) is 6.54 Å². The highest BCUT2D eigenvalue weighted by Crippen LogP contribution is 2.28. The fourth-order valence-electron chi connectivity index (χ4n) is 3.05. The standard InChI is InChI=1S/C18H25N5S/c1-19-18(22-15-6-9-17(12-15)24-2)20-13-14-4-7-16(8-5-14)23-11-3-10-21-23/h3-5,7-8,10-11,15,17H,6,9,12-13H2,1-2H3,(H2,19,20,22). The summed E-state index contributed by atoms with van der Waals surface area (Å²) in [4.78, 5) is 4.35. The quantitative estimate of drug-likeness (QED) is 0.647. The van der Waals surface area contributed by atoms with Gasteiger partial charge in [-0.3, -0.25) is 4.99 Å². The highest BCUT2D eigenvalue weighted by molar-refractivity contribution is 7.99. The van der Waals surface area contributed by atoms with E-state index in [1.807, 2.05) is 35.8 Å². The maximum atomic E-state index is 4.35. The van der Waals surface area contributed by atoms with Gasteiger partial charge < -0.3 is 10.6 Å². The van der Waals surface area contributed by atoms with Gasteiger partial charge in [0.15, 0.2) is 5.96 Å². The molecule has 0 amide bonds. The van der Waals surface area contributed by atoms with E-state index in [2.05, 4.69) is 51.2 Å². The van der Waals surface area contributed by atoms with Gasteiger partial charge in [0.2, 0.25) is 0 Å². The van der Waals surface area contributed by atoms with Crippen molar-refractivity contribution in [2.45, 2.75) is 37.1 Å². The van der Waals surface area contributed by atoms with Crippen LogP contribution in [-0.4, -0.2) is 40.3 Å². The summed E-state index contributed by atoms with van der Waals surface area (Å²) in [7, 11) is 1.83. The molecule has 1 saturated carbocycles. The van der Waals surface area contributed by atoms with Gasteiger partial charge in [-0.15, -0.1) is 0 Å². The number of aliphatic imine (C=N–C) groups is 1. The van der Waals surface area contributed by atoms with Crippen LogP contribution in [0.25, 0.3) is 5.69 Å². The summed E-state index contributed by atoms with van der Waals surface area (Å²) in [6.07, 6.45) is 9.68. The van der Waals surface area contributed by atoms with E-state index in [1.54, 1.807) is 6.20 Å². The second-order valence-electron chi connectivity index (χ2n) is 6.05. The molecule has 5 nitrogen and oxygen atoms in total. The molecule has 1 aliphatic carbocycles. The van der Waals surface area contributed by atoms with E-state index in [4.69, 9.17) is 0 Å². The lowest BCUT2D eigenvalue weighted by Crippen LogP contribution is -2.42. The van der Waals surface area contributed by atoms with Crippen LogP contribution in [0.1, 0.15) is 24.8 Å². The smallest absolute Gasteiger partial charge is 0.191 e. The van der Waals surface area contributed by atoms with E-state index >= 15 is 0 Å². The van der Waals surface area contributed by atoms with Crippen LogP contribution < -0.4 is 10.6 Å². The average molecular weight is 344 g/mol. The van der Waals surface area contributed by atoms with Gasteiger partial charge in [0, 0.05) is 37.3 Å². The second-order valence-corrected chi connectivity index (χ2v) is 7.19. The number of nitrogens with one attached hydrogen (secondary N) is 2. The molecule has 2 unspecified atom stereocenters. The van der Waals surface area contributed by atoms with Crippen molar-refractivity contribution in [2.75, 3.05) is 13.3 Å². The van der Waals surface area contributed by atoms with Crippen LogP contribution in [0.4, 0.5) is 0 Å². The minimum atomic E-state index is 0.538. The molecule has 24 heavy (non-hydrogen) atoms. The number of nitrogens with zero attached hydrogens (tertiary/aromatic N) is 3. The van der Waals surface area contributed by atoms with Crippen molar-refractivity contribution in [2.24, 2.45) is 4.99 Å². The highest BCUT2D eigenvalue weighted by Gasteiger charge is 2.24. The van der Waals surface area contributed by atoms with E-state index in [9.17, 15) is 0 Å². The van der Waals surface area contributed by atoms with E-state index < -0.39 is 0 Å². The summed E-state index contributed by atoms with van der Waals surface area (Å²) in [6.45, 7) is 0.762. The number of guanidine groups is 1. The van der Waals surface area contributed by atoms with Crippen LogP contribution in [0.15, 0.2) is 47.7 Å². The Kier molecular flexibility index (Phi) is 5.80. The zero-order valence-corrected chi connectivity index (χ0v) is 15.1. The first-order chi connectivity index (χ1) is 11.8. The second kappa shape index (κ2) is 8.24. The van der Waals surface area contributed by atoms with Crippen molar-refractivity contribution in [3.63, 3.8) is 0 Å². The van der Waals surface area contributed by atoms with E-state index in [1.165, 1.54) is 24.8 Å². The van der Waals surface area contributed by atoms with Crippen LogP contribution in [0.3, 0.4) is 0 Å². The first-order valence-electron chi connectivity index (χ1n) is 8.37. The van der Waals surface area contributed by atoms with Crippen LogP contribution in [0.2, 0.25) is 0 Å². The Balaban J connectivity index is 1.50. The molecule has 0 radical (unpaired) electrons. The Morgan fingerprint density at radius 1 is 1.33 bits per heavy atom. The minimum absolute atomic E-state index is 0.538. The zero-order valence-electron chi connectivity index (χ0n) is 14.3. The molecule has 2 atom stereocenters. The molecule has 0 aliphatic heterocycles. The summed E-state index contributed by atoms with van der Waals surface area (Å²) < 4.78 is 1.86. The Morgan fingerprint density at radius 3 is 2.79 bits per heavy atom. The summed E-state index contributed by atoms with van der Waals surface area (Å²) >= 11 is 1.97. The fourth-order valence-corrected chi connectivity index (χ4v) is 3.84. The van der Waals surface area contributed by atoms with E-state index in [0.29, 0.717) is 6.04 Å². The third-order valence-electron chi connectivity index (χ3n) is 4.45. The molecule has 0 saturated heterocycles. The predicted octanol–water partition coefficient (Wildman–Crippen LogP) is 2.82. The van der Waals surface area contributed by atoms with Gasteiger partial charge in [0.05, 0.1) is 5.69 Å². The Hall–Kier alpha value is -1.95. The molecule has 0 bridgehead atoms. The number of hydrogen-bond acceptors (Lipinski definition) is 3. The minimum Gasteiger partial charge on any atom is -0.354 e. The normalized spacial score (nSPS) is 21.0. The first kappa shape index (κ1) is 16.9. The number of thioether (sulfide) groups is 1. The maximum absolute atomic E-state index is 4.35. The van der Waals surface area contributed by atoms with Crippen molar-refractivity contribution in [3.05, 3.63) is 48.3 Å². The molecular formula is C18H25N5S. The summed E-state index contributed by atoms with van der Waals surface area (Å²) in [5, 5.41) is 12.0. The van der Waals surface area contributed by atoms with Crippen molar-refractivity contribution in [1.29, 1.82) is 0 Å². The molecule has 128 valence electrons. The molecule has 1 aromatic carbocycles. The van der Waals surface area contributed by atoms with Crippen molar-refractivity contribution in [1.82, 2.24) is 20.4 Å². The van der Waals surface area contributed by atoms with Gasteiger partial charge in [0.25, 0.3) is 0 Å². The molecule has 1 aromatic heterocycles. The summed E-state index contributed by atoms with van der Waals surface area (Å²) in [6, 6.07) is 10.9. The Morgan fingerprint density at radius 2 is 2.17 bits per heavy atom. The van der Waals surface area contributed by atoms with Crippen LogP contribution in [0, 0.1) is 0 Å². The lowest BCUT2D eigenvalue weighted by Gasteiger charge is -2.17. The first-order valence-corrected chi connectivity index (χ1v) is 9.66. The predicted molar refractivity (Wildman–Crippen MR) is 102 cm³/mol. The Bertz CT molecular complexity index is 651.